The van der Waals surface area contributed by atoms with Gasteiger partial charge in [0.15, 0.2) is 0 Å². The largest absolute Gasteiger partial charge is 0.311 e. The van der Waals surface area contributed by atoms with Gasteiger partial charge in [-0.3, -0.25) is 4.98 Å². The van der Waals surface area contributed by atoms with Crippen LogP contribution in [0.3, 0.4) is 0 Å². The Morgan fingerprint density at radius 3 is 1.32 bits per heavy atom. The van der Waals surface area contributed by atoms with Crippen molar-refractivity contribution < 1.29 is 0 Å². The quantitative estimate of drug-likeness (QED) is 0.180. The zero-order valence-corrected chi connectivity index (χ0v) is 26.6. The van der Waals surface area contributed by atoms with Gasteiger partial charge in [-0.1, -0.05) is 105 Å². The summed E-state index contributed by atoms with van der Waals surface area (Å²) in [5, 5.41) is 0. The van der Waals surface area contributed by atoms with Gasteiger partial charge in [-0.25, -0.2) is 0 Å². The first-order valence-corrected chi connectivity index (χ1v) is 16.1. The molecule has 0 fully saturated rings. The summed E-state index contributed by atoms with van der Waals surface area (Å²) in [7, 11) is 0. The number of anilines is 6. The molecule has 1 aromatic heterocycles. The number of nitrogens with zero attached hydrogens (tertiary/aromatic N) is 3. The molecule has 0 aliphatic heterocycles. The van der Waals surface area contributed by atoms with Crippen LogP contribution in [0.1, 0.15) is 25.0 Å². The van der Waals surface area contributed by atoms with E-state index in [9.17, 15) is 0 Å². The number of rotatable bonds is 7. The summed E-state index contributed by atoms with van der Waals surface area (Å²) in [5.74, 6) is 0. The van der Waals surface area contributed by atoms with E-state index in [1.165, 1.54) is 27.8 Å². The molecule has 0 saturated heterocycles. The van der Waals surface area contributed by atoms with Crippen LogP contribution in [-0.4, -0.2) is 4.98 Å². The van der Waals surface area contributed by atoms with Crippen molar-refractivity contribution in [2.75, 3.05) is 9.80 Å². The van der Waals surface area contributed by atoms with Gasteiger partial charge in [0.05, 0.1) is 5.69 Å². The summed E-state index contributed by atoms with van der Waals surface area (Å²) in [4.78, 5) is 9.44. The maximum atomic E-state index is 4.82. The monoisotopic (exact) mass is 605 g/mol. The minimum absolute atomic E-state index is 0.0779. The highest BCUT2D eigenvalue weighted by molar-refractivity contribution is 5.85. The smallest absolute Gasteiger partial charge is 0.0746 e. The molecule has 6 aromatic carbocycles. The lowest BCUT2D eigenvalue weighted by molar-refractivity contribution is 0.659. The number of hydrogen-bond acceptors (Lipinski definition) is 3. The zero-order chi connectivity index (χ0) is 31.8. The highest BCUT2D eigenvalue weighted by Crippen LogP contribution is 2.49. The highest BCUT2D eigenvalue weighted by atomic mass is 15.1. The van der Waals surface area contributed by atoms with Crippen molar-refractivity contribution in [3.05, 3.63) is 187 Å². The van der Waals surface area contributed by atoms with E-state index in [1.54, 1.807) is 0 Å². The van der Waals surface area contributed by atoms with Crippen LogP contribution < -0.4 is 9.80 Å². The average molecular weight is 606 g/mol. The third-order valence-electron chi connectivity index (χ3n) is 9.30. The maximum absolute atomic E-state index is 4.82. The van der Waals surface area contributed by atoms with Crippen molar-refractivity contribution in [3.63, 3.8) is 0 Å². The highest BCUT2D eigenvalue weighted by Gasteiger charge is 2.36. The number of hydrogen-bond donors (Lipinski definition) is 0. The Morgan fingerprint density at radius 2 is 0.830 bits per heavy atom. The second kappa shape index (κ2) is 11.8. The van der Waals surface area contributed by atoms with Crippen LogP contribution in [0.5, 0.6) is 0 Å². The predicted molar refractivity (Wildman–Crippen MR) is 197 cm³/mol. The first-order valence-electron chi connectivity index (χ1n) is 16.1. The van der Waals surface area contributed by atoms with Crippen LogP contribution >= 0.6 is 0 Å². The second-order valence-corrected chi connectivity index (χ2v) is 12.5. The SMILES string of the molecule is CC1(C)c2ccc(N(c3ccccc3)c3ccc(-c4ccc(N(c5ccccc5)c5ccccc5)cc4)cc3)cc2-c2ncccc21. The van der Waals surface area contributed by atoms with E-state index in [0.717, 1.165) is 39.8 Å². The summed E-state index contributed by atoms with van der Waals surface area (Å²) in [6.07, 6.45) is 1.90. The molecule has 0 saturated carbocycles. The molecular formula is C44H35N3. The van der Waals surface area contributed by atoms with E-state index >= 15 is 0 Å². The molecule has 7 aromatic rings. The van der Waals surface area contributed by atoms with Gasteiger partial charge in [0.2, 0.25) is 0 Å². The standard InChI is InChI=1S/C44H35N3/c1-44(2)41-29-28-39(31-40(41)43-42(44)19-12-30-45-43)47(36-17-10-5-11-18-36)38-26-22-33(23-27-38)32-20-24-37(25-21-32)46(34-13-6-3-7-14-34)35-15-8-4-9-16-35/h3-31H,1-2H3. The van der Waals surface area contributed by atoms with Crippen LogP contribution in [0.15, 0.2) is 176 Å². The lowest BCUT2D eigenvalue weighted by Crippen LogP contribution is -2.15. The second-order valence-electron chi connectivity index (χ2n) is 12.5. The van der Waals surface area contributed by atoms with Crippen molar-refractivity contribution in [3.8, 4) is 22.4 Å². The molecule has 1 heterocycles. The van der Waals surface area contributed by atoms with E-state index in [4.69, 9.17) is 4.98 Å². The Bertz CT molecular complexity index is 2100. The van der Waals surface area contributed by atoms with E-state index in [1.807, 2.05) is 12.3 Å². The Kier molecular flexibility index (Phi) is 7.15. The molecule has 3 nitrogen and oxygen atoms in total. The summed E-state index contributed by atoms with van der Waals surface area (Å²) in [6.45, 7) is 4.58. The zero-order valence-electron chi connectivity index (χ0n) is 26.6. The number of fused-ring (bicyclic) bond motifs is 3. The molecule has 8 rings (SSSR count). The van der Waals surface area contributed by atoms with Crippen LogP contribution in [0.25, 0.3) is 22.4 Å². The summed E-state index contributed by atoms with van der Waals surface area (Å²) >= 11 is 0. The molecule has 0 unspecified atom stereocenters. The lowest BCUT2D eigenvalue weighted by Gasteiger charge is -2.27. The lowest BCUT2D eigenvalue weighted by atomic mass is 9.83. The number of aromatic nitrogens is 1. The number of benzene rings is 6. The van der Waals surface area contributed by atoms with Gasteiger partial charge in [0, 0.05) is 51.3 Å². The molecular weight excluding hydrogens is 571 g/mol. The molecule has 1 aliphatic rings. The predicted octanol–water partition coefficient (Wildman–Crippen LogP) is 12.0. The van der Waals surface area contributed by atoms with Gasteiger partial charge < -0.3 is 9.80 Å². The summed E-state index contributed by atoms with van der Waals surface area (Å²) < 4.78 is 0. The van der Waals surface area contributed by atoms with E-state index in [2.05, 4.69) is 187 Å². The fourth-order valence-corrected chi connectivity index (χ4v) is 6.91. The fourth-order valence-electron chi connectivity index (χ4n) is 6.91. The van der Waals surface area contributed by atoms with Crippen molar-refractivity contribution in [2.24, 2.45) is 0 Å². The van der Waals surface area contributed by atoms with E-state index in [0.29, 0.717) is 0 Å². The Hall–Kier alpha value is -5.93. The minimum Gasteiger partial charge on any atom is -0.311 e. The maximum Gasteiger partial charge on any atom is 0.0746 e. The third kappa shape index (κ3) is 5.16. The van der Waals surface area contributed by atoms with Gasteiger partial charge in [0.1, 0.15) is 0 Å². The van der Waals surface area contributed by atoms with Crippen LogP contribution in [0, 0.1) is 0 Å². The molecule has 0 atom stereocenters. The van der Waals surface area contributed by atoms with E-state index < -0.39 is 0 Å². The van der Waals surface area contributed by atoms with Gasteiger partial charge in [0.25, 0.3) is 0 Å². The number of pyridine rings is 1. The topological polar surface area (TPSA) is 19.4 Å². The average Bonchev–Trinajstić information content (AvgIpc) is 3.36. The van der Waals surface area contributed by atoms with Gasteiger partial charge in [-0.2, -0.15) is 0 Å². The summed E-state index contributed by atoms with van der Waals surface area (Å²) in [5.41, 5.74) is 13.9. The summed E-state index contributed by atoms with van der Waals surface area (Å²) in [6, 6.07) is 60.4. The van der Waals surface area contributed by atoms with Crippen LogP contribution in [0.2, 0.25) is 0 Å². The van der Waals surface area contributed by atoms with Crippen molar-refractivity contribution in [1.82, 2.24) is 4.98 Å². The molecule has 0 spiro atoms. The molecule has 0 bridgehead atoms. The van der Waals surface area contributed by atoms with Crippen LogP contribution in [0.4, 0.5) is 34.1 Å². The Morgan fingerprint density at radius 1 is 0.404 bits per heavy atom. The van der Waals surface area contributed by atoms with Crippen molar-refractivity contribution >= 4 is 34.1 Å². The molecule has 3 heteroatoms. The fraction of sp³-hybridized carbons (Fsp3) is 0.0682. The van der Waals surface area contributed by atoms with Gasteiger partial charge in [-0.05, 0) is 101 Å². The van der Waals surface area contributed by atoms with Gasteiger partial charge in [-0.15, -0.1) is 0 Å². The normalized spacial score (nSPS) is 12.6. The third-order valence-corrected chi connectivity index (χ3v) is 9.30. The first kappa shape index (κ1) is 28.5. The van der Waals surface area contributed by atoms with Crippen LogP contribution in [-0.2, 0) is 5.41 Å². The van der Waals surface area contributed by atoms with E-state index in [-0.39, 0.29) is 5.41 Å². The van der Waals surface area contributed by atoms with Gasteiger partial charge >= 0.3 is 0 Å². The number of para-hydroxylation sites is 3. The Balaban J connectivity index is 1.14. The molecule has 0 N–H and O–H groups in total. The minimum atomic E-state index is -0.0779. The molecule has 47 heavy (non-hydrogen) atoms. The Labute approximate surface area is 277 Å². The van der Waals surface area contributed by atoms with Crippen molar-refractivity contribution in [2.45, 2.75) is 19.3 Å². The van der Waals surface area contributed by atoms with Crippen molar-refractivity contribution in [1.29, 1.82) is 0 Å². The molecule has 0 radical (unpaired) electrons. The molecule has 0 amide bonds. The first-order chi connectivity index (χ1) is 23.1. The molecule has 1 aliphatic carbocycles. The molecule has 226 valence electrons.